The van der Waals surface area contributed by atoms with Crippen molar-refractivity contribution in [2.45, 2.75) is 40.0 Å². The van der Waals surface area contributed by atoms with E-state index in [-0.39, 0.29) is 23.7 Å². The van der Waals surface area contributed by atoms with Crippen molar-refractivity contribution in [3.63, 3.8) is 0 Å². The Labute approximate surface area is 128 Å². The SMILES string of the molecule is CCc1nnc(NC(=O)C2CCN(C(=O)C(C)C)CC2)s1. The van der Waals surface area contributed by atoms with Crippen LogP contribution in [0.15, 0.2) is 0 Å². The number of aryl methyl sites for hydroxylation is 1. The topological polar surface area (TPSA) is 75.2 Å². The van der Waals surface area contributed by atoms with Crippen molar-refractivity contribution in [1.82, 2.24) is 15.1 Å². The molecule has 1 saturated heterocycles. The molecular formula is C14H22N4O2S. The highest BCUT2D eigenvalue weighted by molar-refractivity contribution is 7.15. The first kappa shape index (κ1) is 15.9. The summed E-state index contributed by atoms with van der Waals surface area (Å²) in [6.45, 7) is 7.13. The maximum Gasteiger partial charge on any atom is 0.229 e. The van der Waals surface area contributed by atoms with Crippen molar-refractivity contribution in [3.8, 4) is 0 Å². The minimum Gasteiger partial charge on any atom is -0.342 e. The quantitative estimate of drug-likeness (QED) is 0.922. The van der Waals surface area contributed by atoms with Crippen molar-refractivity contribution in [1.29, 1.82) is 0 Å². The highest BCUT2D eigenvalue weighted by Gasteiger charge is 2.28. The first-order valence-corrected chi connectivity index (χ1v) is 8.25. The van der Waals surface area contributed by atoms with E-state index in [4.69, 9.17) is 0 Å². The van der Waals surface area contributed by atoms with E-state index in [1.807, 2.05) is 25.7 Å². The number of rotatable bonds is 4. The van der Waals surface area contributed by atoms with Gasteiger partial charge in [0.25, 0.3) is 0 Å². The van der Waals surface area contributed by atoms with E-state index >= 15 is 0 Å². The van der Waals surface area contributed by atoms with Crippen LogP contribution in [0.25, 0.3) is 0 Å². The molecule has 1 aliphatic heterocycles. The third kappa shape index (κ3) is 4.00. The molecule has 0 unspecified atom stereocenters. The molecule has 1 N–H and O–H groups in total. The fourth-order valence-electron chi connectivity index (χ4n) is 2.38. The maximum absolute atomic E-state index is 12.2. The molecular weight excluding hydrogens is 288 g/mol. The third-order valence-corrected chi connectivity index (χ3v) is 4.65. The molecule has 0 saturated carbocycles. The van der Waals surface area contributed by atoms with E-state index < -0.39 is 0 Å². The van der Waals surface area contributed by atoms with Gasteiger partial charge in [-0.15, -0.1) is 10.2 Å². The van der Waals surface area contributed by atoms with Crippen LogP contribution in [0.4, 0.5) is 5.13 Å². The third-order valence-electron chi connectivity index (χ3n) is 3.67. The van der Waals surface area contributed by atoms with Crippen LogP contribution < -0.4 is 5.32 Å². The van der Waals surface area contributed by atoms with Crippen molar-refractivity contribution < 1.29 is 9.59 Å². The van der Waals surface area contributed by atoms with E-state index in [1.54, 1.807) is 0 Å². The number of amides is 2. The van der Waals surface area contributed by atoms with Gasteiger partial charge in [0, 0.05) is 24.9 Å². The molecule has 2 rings (SSSR count). The molecule has 0 bridgehead atoms. The summed E-state index contributed by atoms with van der Waals surface area (Å²) >= 11 is 1.42. The number of aromatic nitrogens is 2. The second kappa shape index (κ2) is 6.98. The molecule has 21 heavy (non-hydrogen) atoms. The lowest BCUT2D eigenvalue weighted by molar-refractivity contribution is -0.137. The second-order valence-corrected chi connectivity index (χ2v) is 6.66. The number of hydrogen-bond acceptors (Lipinski definition) is 5. The number of nitrogens with zero attached hydrogens (tertiary/aromatic N) is 3. The Hall–Kier alpha value is -1.50. The van der Waals surface area contributed by atoms with Crippen LogP contribution in [-0.4, -0.2) is 40.0 Å². The lowest BCUT2D eigenvalue weighted by Gasteiger charge is -2.32. The predicted molar refractivity (Wildman–Crippen MR) is 82.1 cm³/mol. The summed E-state index contributed by atoms with van der Waals surface area (Å²) in [5.41, 5.74) is 0. The minimum atomic E-state index is -0.0461. The van der Waals surface area contributed by atoms with Crippen LogP contribution in [0.5, 0.6) is 0 Å². The normalized spacial score (nSPS) is 16.3. The van der Waals surface area contributed by atoms with Gasteiger partial charge in [0.1, 0.15) is 5.01 Å². The first-order chi connectivity index (χ1) is 10.0. The van der Waals surface area contributed by atoms with Crippen LogP contribution in [0.3, 0.4) is 0 Å². The van der Waals surface area contributed by atoms with E-state index in [2.05, 4.69) is 15.5 Å². The molecule has 116 valence electrons. The second-order valence-electron chi connectivity index (χ2n) is 5.60. The summed E-state index contributed by atoms with van der Waals surface area (Å²) in [7, 11) is 0. The molecule has 0 radical (unpaired) electrons. The first-order valence-electron chi connectivity index (χ1n) is 7.43. The highest BCUT2D eigenvalue weighted by atomic mass is 32.1. The smallest absolute Gasteiger partial charge is 0.229 e. The van der Waals surface area contributed by atoms with Gasteiger partial charge in [-0.05, 0) is 19.3 Å². The number of piperidine rings is 1. The van der Waals surface area contributed by atoms with Gasteiger partial charge in [-0.2, -0.15) is 0 Å². The average molecular weight is 310 g/mol. The molecule has 0 atom stereocenters. The van der Waals surface area contributed by atoms with Crippen molar-refractivity contribution in [2.24, 2.45) is 11.8 Å². The van der Waals surface area contributed by atoms with E-state index in [9.17, 15) is 9.59 Å². The van der Waals surface area contributed by atoms with Crippen molar-refractivity contribution in [2.75, 3.05) is 18.4 Å². The molecule has 2 heterocycles. The summed E-state index contributed by atoms with van der Waals surface area (Å²) in [5.74, 6) is 0.135. The Morgan fingerprint density at radius 2 is 2.00 bits per heavy atom. The monoisotopic (exact) mass is 310 g/mol. The summed E-state index contributed by atoms with van der Waals surface area (Å²) in [5, 5.41) is 12.3. The van der Waals surface area contributed by atoms with Crippen LogP contribution in [0.2, 0.25) is 0 Å². The van der Waals surface area contributed by atoms with Crippen LogP contribution >= 0.6 is 11.3 Å². The van der Waals surface area contributed by atoms with Gasteiger partial charge in [0.15, 0.2) is 0 Å². The van der Waals surface area contributed by atoms with E-state index in [0.29, 0.717) is 31.1 Å². The molecule has 1 aliphatic rings. The lowest BCUT2D eigenvalue weighted by atomic mass is 9.95. The number of carbonyl (C=O) groups excluding carboxylic acids is 2. The molecule has 1 fully saturated rings. The van der Waals surface area contributed by atoms with Gasteiger partial charge in [-0.25, -0.2) is 0 Å². The summed E-state index contributed by atoms with van der Waals surface area (Å²) in [6, 6.07) is 0. The largest absolute Gasteiger partial charge is 0.342 e. The zero-order valence-corrected chi connectivity index (χ0v) is 13.6. The molecule has 7 heteroatoms. The fraction of sp³-hybridized carbons (Fsp3) is 0.714. The Balaban J connectivity index is 1.84. The summed E-state index contributed by atoms with van der Waals surface area (Å²) < 4.78 is 0. The number of nitrogens with one attached hydrogen (secondary N) is 1. The number of anilines is 1. The summed E-state index contributed by atoms with van der Waals surface area (Å²) in [6.07, 6.45) is 2.25. The predicted octanol–water partition coefficient (Wildman–Crippen LogP) is 1.93. The van der Waals surface area contributed by atoms with Gasteiger partial charge in [-0.1, -0.05) is 32.1 Å². The van der Waals surface area contributed by atoms with E-state index in [0.717, 1.165) is 11.4 Å². The molecule has 0 spiro atoms. The van der Waals surface area contributed by atoms with Gasteiger partial charge in [0.2, 0.25) is 16.9 Å². The van der Waals surface area contributed by atoms with Gasteiger partial charge in [0.05, 0.1) is 0 Å². The number of carbonyl (C=O) groups is 2. The lowest BCUT2D eigenvalue weighted by Crippen LogP contribution is -2.43. The molecule has 1 aromatic rings. The van der Waals surface area contributed by atoms with Gasteiger partial charge in [-0.3, -0.25) is 9.59 Å². The minimum absolute atomic E-state index is 0.00884. The Morgan fingerprint density at radius 3 is 2.52 bits per heavy atom. The number of hydrogen-bond donors (Lipinski definition) is 1. The molecule has 0 aromatic carbocycles. The van der Waals surface area contributed by atoms with Crippen LogP contribution in [-0.2, 0) is 16.0 Å². The maximum atomic E-state index is 12.2. The fourth-order valence-corrected chi connectivity index (χ4v) is 3.06. The van der Waals surface area contributed by atoms with Crippen LogP contribution in [0.1, 0.15) is 38.6 Å². The number of likely N-dealkylation sites (tertiary alicyclic amines) is 1. The molecule has 6 nitrogen and oxygen atoms in total. The summed E-state index contributed by atoms with van der Waals surface area (Å²) in [4.78, 5) is 26.0. The standard InChI is InChI=1S/C14H22N4O2S/c1-4-11-16-17-14(21-11)15-12(19)10-5-7-18(8-6-10)13(20)9(2)3/h9-10H,4-8H2,1-3H3,(H,15,17,19). The molecule has 0 aliphatic carbocycles. The Bertz CT molecular complexity index is 507. The Kier molecular flexibility index (Phi) is 5.27. The van der Waals surface area contributed by atoms with Gasteiger partial charge >= 0.3 is 0 Å². The Morgan fingerprint density at radius 1 is 1.33 bits per heavy atom. The average Bonchev–Trinajstić information content (AvgIpc) is 2.94. The zero-order chi connectivity index (χ0) is 15.4. The van der Waals surface area contributed by atoms with Gasteiger partial charge < -0.3 is 10.2 Å². The van der Waals surface area contributed by atoms with E-state index in [1.165, 1.54) is 11.3 Å². The van der Waals surface area contributed by atoms with Crippen LogP contribution in [0, 0.1) is 11.8 Å². The molecule has 2 amide bonds. The molecule has 1 aromatic heterocycles. The highest BCUT2D eigenvalue weighted by Crippen LogP contribution is 2.22. The zero-order valence-electron chi connectivity index (χ0n) is 12.8. The van der Waals surface area contributed by atoms with Crippen molar-refractivity contribution >= 4 is 28.3 Å². The van der Waals surface area contributed by atoms with Crippen molar-refractivity contribution in [3.05, 3.63) is 5.01 Å².